The van der Waals surface area contributed by atoms with E-state index < -0.39 is 6.10 Å². The van der Waals surface area contributed by atoms with Crippen molar-refractivity contribution >= 4 is 22.9 Å². The molecule has 0 aromatic carbocycles. The molecule has 0 aliphatic heterocycles. The Hall–Kier alpha value is -0.310. The van der Waals surface area contributed by atoms with Crippen LogP contribution >= 0.6 is 22.9 Å². The minimum absolute atomic E-state index is 0.449. The number of alkyl halides is 1. The van der Waals surface area contributed by atoms with E-state index in [9.17, 15) is 5.11 Å². The summed E-state index contributed by atoms with van der Waals surface area (Å²) in [6, 6.07) is 3.87. The minimum atomic E-state index is -0.449. The molecule has 1 rings (SSSR count). The zero-order chi connectivity index (χ0) is 9.52. The molecule has 0 spiro atoms. The van der Waals surface area contributed by atoms with Gasteiger partial charge in [0, 0.05) is 10.8 Å². The number of hydrogen-bond donors (Lipinski definition) is 1. The fraction of sp³-hybridized carbons (Fsp3) is 0.400. The Kier molecular flexibility index (Phi) is 5.13. The van der Waals surface area contributed by atoms with Gasteiger partial charge >= 0.3 is 0 Å². The quantitative estimate of drug-likeness (QED) is 0.455. The fourth-order valence-corrected chi connectivity index (χ4v) is 1.82. The summed E-state index contributed by atoms with van der Waals surface area (Å²) in [5, 5.41) is 11.6. The van der Waals surface area contributed by atoms with E-state index in [2.05, 4.69) is 0 Å². The second kappa shape index (κ2) is 6.19. The topological polar surface area (TPSA) is 20.2 Å². The lowest BCUT2D eigenvalue weighted by Crippen LogP contribution is -1.87. The van der Waals surface area contributed by atoms with Gasteiger partial charge in [-0.25, -0.2) is 0 Å². The molecule has 0 radical (unpaired) electrons. The maximum absolute atomic E-state index is 9.60. The summed E-state index contributed by atoms with van der Waals surface area (Å²) in [5.41, 5.74) is 0. The summed E-state index contributed by atoms with van der Waals surface area (Å²) >= 11 is 7.09. The third-order valence-electron chi connectivity index (χ3n) is 1.66. The van der Waals surface area contributed by atoms with E-state index >= 15 is 0 Å². The van der Waals surface area contributed by atoms with Crippen molar-refractivity contribution in [2.24, 2.45) is 0 Å². The zero-order valence-corrected chi connectivity index (χ0v) is 8.89. The zero-order valence-electron chi connectivity index (χ0n) is 7.32. The molecular formula is C10H13ClOS. The molecule has 1 N–H and O–H groups in total. The van der Waals surface area contributed by atoms with Gasteiger partial charge in [0.1, 0.15) is 6.10 Å². The summed E-state index contributed by atoms with van der Waals surface area (Å²) in [6.45, 7) is 0. The Bertz CT molecular complexity index is 243. The van der Waals surface area contributed by atoms with Gasteiger partial charge in [-0.15, -0.1) is 22.9 Å². The molecule has 3 heteroatoms. The summed E-state index contributed by atoms with van der Waals surface area (Å²) in [5.74, 6) is 0.680. The highest BCUT2D eigenvalue weighted by atomic mass is 35.5. The summed E-state index contributed by atoms with van der Waals surface area (Å²) in [6.07, 6.45) is 5.25. The number of aliphatic hydroxyl groups is 1. The van der Waals surface area contributed by atoms with Crippen molar-refractivity contribution in [3.63, 3.8) is 0 Å². The predicted molar refractivity (Wildman–Crippen MR) is 58.4 cm³/mol. The van der Waals surface area contributed by atoms with E-state index in [0.717, 1.165) is 17.7 Å². The Morgan fingerprint density at radius 1 is 1.62 bits per heavy atom. The SMILES string of the molecule is OC(/C=C\CCCCl)c1cccs1. The average Bonchev–Trinajstić information content (AvgIpc) is 2.65. The summed E-state index contributed by atoms with van der Waals surface area (Å²) in [4.78, 5) is 0.988. The van der Waals surface area contributed by atoms with Crippen LogP contribution in [0.4, 0.5) is 0 Å². The fourth-order valence-electron chi connectivity index (χ4n) is 0.975. The van der Waals surface area contributed by atoms with E-state index in [-0.39, 0.29) is 0 Å². The number of halogens is 1. The highest BCUT2D eigenvalue weighted by Gasteiger charge is 2.02. The molecule has 1 nitrogen and oxygen atoms in total. The molecule has 0 bridgehead atoms. The number of rotatable bonds is 5. The van der Waals surface area contributed by atoms with Crippen molar-refractivity contribution in [1.82, 2.24) is 0 Å². The van der Waals surface area contributed by atoms with Gasteiger partial charge in [0.15, 0.2) is 0 Å². The normalized spacial score (nSPS) is 13.7. The third kappa shape index (κ3) is 3.94. The van der Waals surface area contributed by atoms with Crippen LogP contribution in [0.5, 0.6) is 0 Å². The van der Waals surface area contributed by atoms with E-state index in [1.165, 1.54) is 0 Å². The molecule has 72 valence electrons. The van der Waals surface area contributed by atoms with Crippen LogP contribution in [-0.4, -0.2) is 11.0 Å². The molecule has 1 aromatic rings. The van der Waals surface area contributed by atoms with E-state index in [4.69, 9.17) is 11.6 Å². The summed E-state index contributed by atoms with van der Waals surface area (Å²) < 4.78 is 0. The van der Waals surface area contributed by atoms with Crippen molar-refractivity contribution in [3.8, 4) is 0 Å². The Balaban J connectivity index is 2.33. The van der Waals surface area contributed by atoms with Gasteiger partial charge < -0.3 is 5.11 Å². The molecule has 0 fully saturated rings. The van der Waals surface area contributed by atoms with Crippen LogP contribution in [0.1, 0.15) is 23.8 Å². The van der Waals surface area contributed by atoms with Crippen LogP contribution < -0.4 is 0 Å². The Morgan fingerprint density at radius 3 is 3.08 bits per heavy atom. The van der Waals surface area contributed by atoms with Crippen LogP contribution in [0.25, 0.3) is 0 Å². The van der Waals surface area contributed by atoms with Crippen molar-refractivity contribution in [2.45, 2.75) is 18.9 Å². The van der Waals surface area contributed by atoms with Crippen LogP contribution in [0, 0.1) is 0 Å². The monoisotopic (exact) mass is 216 g/mol. The van der Waals surface area contributed by atoms with E-state index in [1.807, 2.05) is 29.7 Å². The van der Waals surface area contributed by atoms with Gasteiger partial charge in [-0.3, -0.25) is 0 Å². The van der Waals surface area contributed by atoms with Crippen molar-refractivity contribution in [3.05, 3.63) is 34.5 Å². The first-order chi connectivity index (χ1) is 6.34. The van der Waals surface area contributed by atoms with Gasteiger partial charge in [-0.1, -0.05) is 18.2 Å². The van der Waals surface area contributed by atoms with Gasteiger partial charge in [0.25, 0.3) is 0 Å². The lowest BCUT2D eigenvalue weighted by Gasteiger charge is -2.00. The number of hydrogen-bond acceptors (Lipinski definition) is 2. The number of aliphatic hydroxyl groups excluding tert-OH is 1. The first kappa shape index (κ1) is 10.8. The molecule has 0 saturated heterocycles. The highest BCUT2D eigenvalue weighted by molar-refractivity contribution is 7.10. The highest BCUT2D eigenvalue weighted by Crippen LogP contribution is 2.19. The van der Waals surface area contributed by atoms with Crippen molar-refractivity contribution in [1.29, 1.82) is 0 Å². The minimum Gasteiger partial charge on any atom is -0.383 e. The maximum atomic E-state index is 9.60. The van der Waals surface area contributed by atoms with Gasteiger partial charge in [-0.05, 0) is 24.3 Å². The van der Waals surface area contributed by atoms with E-state index in [1.54, 1.807) is 11.3 Å². The maximum Gasteiger partial charge on any atom is 0.106 e. The molecule has 0 saturated carbocycles. The second-order valence-corrected chi connectivity index (χ2v) is 4.08. The molecule has 1 unspecified atom stereocenters. The molecule has 13 heavy (non-hydrogen) atoms. The van der Waals surface area contributed by atoms with Crippen LogP contribution in [-0.2, 0) is 0 Å². The summed E-state index contributed by atoms with van der Waals surface area (Å²) in [7, 11) is 0. The van der Waals surface area contributed by atoms with Gasteiger partial charge in [0.05, 0.1) is 0 Å². The van der Waals surface area contributed by atoms with Gasteiger partial charge in [-0.2, -0.15) is 0 Å². The number of allylic oxidation sites excluding steroid dienone is 1. The molecule has 1 heterocycles. The third-order valence-corrected chi connectivity index (χ3v) is 2.87. The molecule has 0 amide bonds. The van der Waals surface area contributed by atoms with Crippen LogP contribution in [0.2, 0.25) is 0 Å². The molecule has 0 aliphatic rings. The van der Waals surface area contributed by atoms with Crippen molar-refractivity contribution < 1.29 is 5.11 Å². The second-order valence-electron chi connectivity index (χ2n) is 2.72. The smallest absolute Gasteiger partial charge is 0.106 e. The van der Waals surface area contributed by atoms with Crippen LogP contribution in [0.15, 0.2) is 29.7 Å². The molecule has 1 atom stereocenters. The lowest BCUT2D eigenvalue weighted by atomic mass is 10.2. The number of thiophene rings is 1. The Labute approximate surface area is 87.7 Å². The average molecular weight is 217 g/mol. The predicted octanol–water partition coefficient (Wildman–Crippen LogP) is 3.36. The first-order valence-electron chi connectivity index (χ1n) is 4.28. The first-order valence-corrected chi connectivity index (χ1v) is 5.70. The van der Waals surface area contributed by atoms with Gasteiger partial charge in [0.2, 0.25) is 0 Å². The van der Waals surface area contributed by atoms with E-state index in [0.29, 0.717) is 5.88 Å². The van der Waals surface area contributed by atoms with Crippen molar-refractivity contribution in [2.75, 3.05) is 5.88 Å². The standard InChI is InChI=1S/C10H13ClOS/c11-7-3-1-2-5-9(12)10-6-4-8-13-10/h2,4-6,8-9,12H,1,3,7H2/b5-2-. The number of unbranched alkanes of at least 4 members (excludes halogenated alkanes) is 1. The molecule has 0 aliphatic carbocycles. The van der Waals surface area contributed by atoms with Crippen LogP contribution in [0.3, 0.4) is 0 Å². The molecule has 1 aromatic heterocycles. The largest absolute Gasteiger partial charge is 0.383 e. The molecular weight excluding hydrogens is 204 g/mol. The Morgan fingerprint density at radius 2 is 2.46 bits per heavy atom. The lowest BCUT2D eigenvalue weighted by molar-refractivity contribution is 0.232.